The molecule has 0 radical (unpaired) electrons. The number of hydrogen-bond donors (Lipinski definition) is 1. The molecule has 0 aliphatic carbocycles. The summed E-state index contributed by atoms with van der Waals surface area (Å²) in [5, 5.41) is 20.0. The first kappa shape index (κ1) is 15.6. The van der Waals surface area contributed by atoms with Gasteiger partial charge in [0.25, 0.3) is 5.69 Å². The third-order valence-corrected chi connectivity index (χ3v) is 3.56. The quantitative estimate of drug-likeness (QED) is 0.481. The molecule has 0 spiro atoms. The number of nitrogens with zero attached hydrogens (tertiary/aromatic N) is 2. The first-order valence-electron chi connectivity index (χ1n) is 5.38. The molecule has 0 saturated carbocycles. The maximum Gasteiger partial charge on any atom is 0.326 e. The molecule has 6 nitrogen and oxygen atoms in total. The lowest BCUT2D eigenvalue weighted by molar-refractivity contribution is -0.384. The van der Waals surface area contributed by atoms with Crippen LogP contribution in [0.1, 0.15) is 13.3 Å². The van der Waals surface area contributed by atoms with Gasteiger partial charge in [-0.15, -0.1) is 0 Å². The highest BCUT2D eigenvalue weighted by Gasteiger charge is 2.27. The second-order valence-corrected chi connectivity index (χ2v) is 5.05. The van der Waals surface area contributed by atoms with Gasteiger partial charge in [-0.05, 0) is 29.0 Å². The lowest BCUT2D eigenvalue weighted by atomic mass is 10.1. The molecule has 8 heteroatoms. The number of rotatable bonds is 5. The van der Waals surface area contributed by atoms with Crippen LogP contribution in [0.25, 0.3) is 0 Å². The summed E-state index contributed by atoms with van der Waals surface area (Å²) in [5.74, 6) is -1.73. The number of carboxylic acids is 1. The Morgan fingerprint density at radius 1 is 1.63 bits per heavy atom. The van der Waals surface area contributed by atoms with Crippen molar-refractivity contribution in [2.45, 2.75) is 19.4 Å². The topological polar surface area (TPSA) is 83.7 Å². The van der Waals surface area contributed by atoms with Crippen LogP contribution < -0.4 is 4.90 Å². The van der Waals surface area contributed by atoms with Crippen LogP contribution in [0.2, 0.25) is 0 Å². The second kappa shape index (κ2) is 6.13. The van der Waals surface area contributed by atoms with Crippen LogP contribution in [0.15, 0.2) is 12.1 Å². The molecule has 0 bridgehead atoms. The van der Waals surface area contributed by atoms with E-state index in [9.17, 15) is 19.3 Å². The van der Waals surface area contributed by atoms with Crippen molar-refractivity contribution in [2.75, 3.05) is 11.9 Å². The van der Waals surface area contributed by atoms with Crippen LogP contribution >= 0.6 is 22.6 Å². The fourth-order valence-electron chi connectivity index (χ4n) is 1.74. The normalized spacial score (nSPS) is 12.0. The maximum absolute atomic E-state index is 13.5. The molecule has 1 atom stereocenters. The van der Waals surface area contributed by atoms with Crippen molar-refractivity contribution in [1.82, 2.24) is 0 Å². The van der Waals surface area contributed by atoms with E-state index in [0.29, 0.717) is 0 Å². The third-order valence-electron chi connectivity index (χ3n) is 2.73. The Morgan fingerprint density at radius 3 is 2.63 bits per heavy atom. The number of carbonyl (C=O) groups is 1. The lowest BCUT2D eigenvalue weighted by Crippen LogP contribution is -2.38. The Bertz CT molecular complexity index is 524. The predicted molar refractivity (Wildman–Crippen MR) is 75.9 cm³/mol. The number of hydrogen-bond acceptors (Lipinski definition) is 4. The smallest absolute Gasteiger partial charge is 0.326 e. The molecule has 0 fully saturated rings. The van der Waals surface area contributed by atoms with Crippen LogP contribution in [0.3, 0.4) is 0 Å². The molecule has 0 aliphatic rings. The van der Waals surface area contributed by atoms with Crippen molar-refractivity contribution in [3.63, 3.8) is 0 Å². The third kappa shape index (κ3) is 3.31. The first-order valence-corrected chi connectivity index (χ1v) is 6.46. The summed E-state index contributed by atoms with van der Waals surface area (Å²) < 4.78 is 13.7. The molecule has 0 amide bonds. The van der Waals surface area contributed by atoms with Crippen molar-refractivity contribution in [3.8, 4) is 0 Å². The molecule has 0 aromatic heterocycles. The molecule has 19 heavy (non-hydrogen) atoms. The minimum Gasteiger partial charge on any atom is -0.480 e. The minimum atomic E-state index is -1.11. The number of carboxylic acid groups (broad SMARTS) is 1. The number of aliphatic carboxylic acids is 1. The van der Waals surface area contributed by atoms with E-state index < -0.39 is 22.8 Å². The van der Waals surface area contributed by atoms with Gasteiger partial charge in [0.2, 0.25) is 0 Å². The van der Waals surface area contributed by atoms with Gasteiger partial charge in [0.15, 0.2) is 0 Å². The van der Waals surface area contributed by atoms with Crippen molar-refractivity contribution in [3.05, 3.63) is 31.6 Å². The Hall–Kier alpha value is -1.45. The summed E-state index contributed by atoms with van der Waals surface area (Å²) in [6, 6.07) is 1.14. The van der Waals surface area contributed by atoms with E-state index in [1.807, 2.05) is 0 Å². The number of nitro benzene ring substituents is 1. The highest BCUT2D eigenvalue weighted by atomic mass is 127. The van der Waals surface area contributed by atoms with Gasteiger partial charge in [-0.2, -0.15) is 0 Å². The fourth-order valence-corrected chi connectivity index (χ4v) is 2.19. The van der Waals surface area contributed by atoms with Gasteiger partial charge in [-0.1, -0.05) is 6.92 Å². The summed E-state index contributed by atoms with van der Waals surface area (Å²) in [5.41, 5.74) is -0.356. The summed E-state index contributed by atoms with van der Waals surface area (Å²) in [7, 11) is 1.40. The second-order valence-electron chi connectivity index (χ2n) is 3.89. The SMILES string of the molecule is CCC(C(=O)O)N(C)c1cc(F)c(I)cc1[N+](=O)[O-]. The van der Waals surface area contributed by atoms with Crippen LogP contribution in [0.5, 0.6) is 0 Å². The monoisotopic (exact) mass is 382 g/mol. The van der Waals surface area contributed by atoms with E-state index in [4.69, 9.17) is 5.11 Å². The Balaban J connectivity index is 3.36. The van der Waals surface area contributed by atoms with E-state index in [2.05, 4.69) is 0 Å². The van der Waals surface area contributed by atoms with E-state index >= 15 is 0 Å². The average molecular weight is 382 g/mol. The zero-order valence-electron chi connectivity index (χ0n) is 10.3. The Labute approximate surface area is 122 Å². The zero-order chi connectivity index (χ0) is 14.7. The highest BCUT2D eigenvalue weighted by Crippen LogP contribution is 2.32. The molecule has 104 valence electrons. The van der Waals surface area contributed by atoms with E-state index in [-0.39, 0.29) is 21.4 Å². The summed E-state index contributed by atoms with van der Waals surface area (Å²) in [6.07, 6.45) is 0.247. The standard InChI is InChI=1S/C11H12FIN2O4/c1-3-8(11(16)17)14(2)9-4-6(12)7(13)5-10(9)15(18)19/h4-5,8H,3H2,1-2H3,(H,16,17). The Kier molecular flexibility index (Phi) is 5.04. The molecule has 0 aliphatic heterocycles. The number of anilines is 1. The first-order chi connectivity index (χ1) is 8.79. The van der Waals surface area contributed by atoms with E-state index in [1.54, 1.807) is 29.5 Å². The molecule has 1 aromatic carbocycles. The summed E-state index contributed by atoms with van der Waals surface area (Å²) in [4.78, 5) is 22.6. The number of benzene rings is 1. The fraction of sp³-hybridized carbons (Fsp3) is 0.364. The van der Waals surface area contributed by atoms with Crippen molar-refractivity contribution >= 4 is 39.9 Å². The summed E-state index contributed by atoms with van der Waals surface area (Å²) in [6.45, 7) is 1.64. The number of likely N-dealkylation sites (N-methyl/N-ethyl adjacent to an activating group) is 1. The highest BCUT2D eigenvalue weighted by molar-refractivity contribution is 14.1. The van der Waals surface area contributed by atoms with Gasteiger partial charge in [0, 0.05) is 19.2 Å². The zero-order valence-corrected chi connectivity index (χ0v) is 12.4. The summed E-state index contributed by atoms with van der Waals surface area (Å²) >= 11 is 1.65. The molecule has 0 heterocycles. The number of halogens is 2. The van der Waals surface area contributed by atoms with Crippen LogP contribution in [0, 0.1) is 19.5 Å². The molecule has 1 unspecified atom stereocenters. The molecule has 0 saturated heterocycles. The van der Waals surface area contributed by atoms with Crippen LogP contribution in [-0.4, -0.2) is 29.1 Å². The van der Waals surface area contributed by atoms with Gasteiger partial charge >= 0.3 is 5.97 Å². The van der Waals surface area contributed by atoms with E-state index in [1.165, 1.54) is 11.9 Å². The molecular weight excluding hydrogens is 370 g/mol. The van der Waals surface area contributed by atoms with Crippen LogP contribution in [0.4, 0.5) is 15.8 Å². The molecular formula is C11H12FIN2O4. The Morgan fingerprint density at radius 2 is 2.21 bits per heavy atom. The molecule has 1 aromatic rings. The molecule has 1 rings (SSSR count). The van der Waals surface area contributed by atoms with Gasteiger partial charge in [-0.25, -0.2) is 9.18 Å². The van der Waals surface area contributed by atoms with Crippen molar-refractivity contribution < 1.29 is 19.2 Å². The van der Waals surface area contributed by atoms with Crippen molar-refractivity contribution in [1.29, 1.82) is 0 Å². The molecule has 1 N–H and O–H groups in total. The average Bonchev–Trinajstić information content (AvgIpc) is 2.31. The van der Waals surface area contributed by atoms with Gasteiger partial charge in [0.05, 0.1) is 8.49 Å². The van der Waals surface area contributed by atoms with Gasteiger partial charge in [0.1, 0.15) is 17.5 Å². The largest absolute Gasteiger partial charge is 0.480 e. The maximum atomic E-state index is 13.5. The van der Waals surface area contributed by atoms with E-state index in [0.717, 1.165) is 12.1 Å². The van der Waals surface area contributed by atoms with Gasteiger partial charge < -0.3 is 10.0 Å². The van der Waals surface area contributed by atoms with Crippen molar-refractivity contribution in [2.24, 2.45) is 0 Å². The predicted octanol–water partition coefficient (Wildman–Crippen LogP) is 2.64. The van der Waals surface area contributed by atoms with Crippen LogP contribution in [-0.2, 0) is 4.79 Å². The lowest BCUT2D eigenvalue weighted by Gasteiger charge is -2.25. The number of nitro groups is 1. The van der Waals surface area contributed by atoms with Gasteiger partial charge in [-0.3, -0.25) is 10.1 Å². The minimum absolute atomic E-state index is 0.0443.